The van der Waals surface area contributed by atoms with Gasteiger partial charge in [0.2, 0.25) is 0 Å². The van der Waals surface area contributed by atoms with Gasteiger partial charge in [0.15, 0.2) is 0 Å². The van der Waals surface area contributed by atoms with Crippen LogP contribution in [0.2, 0.25) is 0 Å². The zero-order valence-electron chi connectivity index (χ0n) is 9.11. The van der Waals surface area contributed by atoms with E-state index < -0.39 is 0 Å². The van der Waals surface area contributed by atoms with Crippen LogP contribution in [0.25, 0.3) is 0 Å². The van der Waals surface area contributed by atoms with E-state index >= 15 is 0 Å². The van der Waals surface area contributed by atoms with Gasteiger partial charge in [-0.05, 0) is 12.1 Å². The molecule has 1 fully saturated rings. The molecule has 1 aromatic rings. The number of morpholine rings is 1. The second kappa shape index (κ2) is 6.02. The molecule has 2 rings (SSSR count). The number of ether oxygens (including phenoxy) is 1. The summed E-state index contributed by atoms with van der Waals surface area (Å²) < 4.78 is 5.31. The normalized spacial score (nSPS) is 16.8. The maximum absolute atomic E-state index is 8.60. The maximum Gasteiger partial charge on any atom is 0.104 e. The highest BCUT2D eigenvalue weighted by molar-refractivity contribution is 7.12. The van der Waals surface area contributed by atoms with E-state index in [0.717, 1.165) is 37.7 Å². The van der Waals surface area contributed by atoms with Crippen molar-refractivity contribution in [3.8, 4) is 11.8 Å². The molecule has 0 atom stereocenters. The summed E-state index contributed by atoms with van der Waals surface area (Å²) in [6, 6.07) is 4.13. The first-order chi connectivity index (χ1) is 7.88. The predicted octanol–water partition coefficient (Wildman–Crippen LogP) is 0.924. The molecule has 16 heavy (non-hydrogen) atoms. The second-order valence-electron chi connectivity index (χ2n) is 3.61. The first-order valence-corrected chi connectivity index (χ1v) is 6.18. The highest BCUT2D eigenvalue weighted by atomic mass is 32.1. The lowest BCUT2D eigenvalue weighted by Gasteiger charge is -2.25. The summed E-state index contributed by atoms with van der Waals surface area (Å²) in [6.07, 6.45) is 0. The van der Waals surface area contributed by atoms with Gasteiger partial charge in [-0.15, -0.1) is 11.3 Å². The molecular formula is C12H15NO2S. The van der Waals surface area contributed by atoms with E-state index in [1.165, 1.54) is 4.88 Å². The van der Waals surface area contributed by atoms with Crippen molar-refractivity contribution in [3.63, 3.8) is 0 Å². The van der Waals surface area contributed by atoms with Gasteiger partial charge in [0.05, 0.1) is 18.1 Å². The Morgan fingerprint density at radius 2 is 2.19 bits per heavy atom. The van der Waals surface area contributed by atoms with Crippen LogP contribution < -0.4 is 0 Å². The van der Waals surface area contributed by atoms with Gasteiger partial charge in [-0.1, -0.05) is 11.8 Å². The molecule has 0 unspecified atom stereocenters. The van der Waals surface area contributed by atoms with Gasteiger partial charge < -0.3 is 9.84 Å². The Bertz CT molecular complexity index is 385. The lowest BCUT2D eigenvalue weighted by atomic mass is 10.3. The highest BCUT2D eigenvalue weighted by Crippen LogP contribution is 2.17. The topological polar surface area (TPSA) is 32.7 Å². The molecule has 1 aromatic heterocycles. The highest BCUT2D eigenvalue weighted by Gasteiger charge is 2.11. The number of thiophene rings is 1. The molecular weight excluding hydrogens is 222 g/mol. The summed E-state index contributed by atoms with van der Waals surface area (Å²) in [6.45, 7) is 4.60. The molecule has 1 N–H and O–H groups in total. The Morgan fingerprint density at radius 3 is 2.94 bits per heavy atom. The van der Waals surface area contributed by atoms with Crippen LogP contribution in [0, 0.1) is 11.8 Å². The molecule has 0 spiro atoms. The van der Waals surface area contributed by atoms with Crippen LogP contribution in [-0.2, 0) is 11.3 Å². The van der Waals surface area contributed by atoms with Crippen molar-refractivity contribution in [1.82, 2.24) is 4.90 Å². The smallest absolute Gasteiger partial charge is 0.104 e. The number of aliphatic hydroxyl groups is 1. The fourth-order valence-electron chi connectivity index (χ4n) is 1.64. The number of hydrogen-bond donors (Lipinski definition) is 1. The zero-order valence-corrected chi connectivity index (χ0v) is 9.92. The van der Waals surface area contributed by atoms with E-state index in [2.05, 4.69) is 22.8 Å². The van der Waals surface area contributed by atoms with Crippen LogP contribution >= 0.6 is 11.3 Å². The minimum atomic E-state index is -0.0727. The second-order valence-corrected chi connectivity index (χ2v) is 4.78. The molecule has 3 nitrogen and oxygen atoms in total. The average Bonchev–Trinajstić information content (AvgIpc) is 2.75. The van der Waals surface area contributed by atoms with Crippen molar-refractivity contribution < 1.29 is 9.84 Å². The van der Waals surface area contributed by atoms with E-state index in [9.17, 15) is 0 Å². The lowest BCUT2D eigenvalue weighted by Crippen LogP contribution is -2.35. The molecule has 0 bridgehead atoms. The molecule has 1 aliphatic rings. The van der Waals surface area contributed by atoms with E-state index in [0.29, 0.717) is 0 Å². The number of hydrogen-bond acceptors (Lipinski definition) is 4. The summed E-state index contributed by atoms with van der Waals surface area (Å²) in [5.41, 5.74) is 0. The van der Waals surface area contributed by atoms with E-state index in [-0.39, 0.29) is 6.61 Å². The quantitative estimate of drug-likeness (QED) is 0.777. The van der Waals surface area contributed by atoms with Crippen molar-refractivity contribution in [2.75, 3.05) is 32.9 Å². The number of nitrogens with zero attached hydrogens (tertiary/aromatic N) is 1. The van der Waals surface area contributed by atoms with Gasteiger partial charge >= 0.3 is 0 Å². The minimum Gasteiger partial charge on any atom is -0.384 e. The van der Waals surface area contributed by atoms with Crippen LogP contribution in [-0.4, -0.2) is 42.9 Å². The van der Waals surface area contributed by atoms with E-state index in [4.69, 9.17) is 9.84 Å². The van der Waals surface area contributed by atoms with E-state index in [1.54, 1.807) is 11.3 Å². The molecule has 2 heterocycles. The van der Waals surface area contributed by atoms with Crippen LogP contribution in [0.1, 0.15) is 9.75 Å². The summed E-state index contributed by atoms with van der Waals surface area (Å²) in [4.78, 5) is 4.74. The predicted molar refractivity (Wildman–Crippen MR) is 64.4 cm³/mol. The van der Waals surface area contributed by atoms with Gasteiger partial charge in [-0.2, -0.15) is 0 Å². The molecule has 0 aromatic carbocycles. The summed E-state index contributed by atoms with van der Waals surface area (Å²) in [5.74, 6) is 5.59. The third-order valence-electron chi connectivity index (χ3n) is 2.44. The molecule has 1 aliphatic heterocycles. The third kappa shape index (κ3) is 3.32. The van der Waals surface area contributed by atoms with Crippen molar-refractivity contribution in [1.29, 1.82) is 0 Å². The van der Waals surface area contributed by atoms with Crippen LogP contribution in [0.3, 0.4) is 0 Å². The average molecular weight is 237 g/mol. The fourth-order valence-corrected chi connectivity index (χ4v) is 2.56. The SMILES string of the molecule is OCC#Cc1ccc(CN2CCOCC2)s1. The van der Waals surface area contributed by atoms with Crippen molar-refractivity contribution >= 4 is 11.3 Å². The lowest BCUT2D eigenvalue weighted by molar-refractivity contribution is 0.0346. The molecule has 0 amide bonds. The molecule has 0 aliphatic carbocycles. The molecule has 4 heteroatoms. The number of aliphatic hydroxyl groups excluding tert-OH is 1. The van der Waals surface area contributed by atoms with Gasteiger partial charge in [0, 0.05) is 24.5 Å². The molecule has 1 saturated heterocycles. The third-order valence-corrected chi connectivity index (χ3v) is 3.42. The monoisotopic (exact) mass is 237 g/mol. The van der Waals surface area contributed by atoms with Crippen molar-refractivity contribution in [2.45, 2.75) is 6.54 Å². The van der Waals surface area contributed by atoms with Crippen molar-refractivity contribution in [3.05, 3.63) is 21.9 Å². The Morgan fingerprint density at radius 1 is 1.38 bits per heavy atom. The fraction of sp³-hybridized carbons (Fsp3) is 0.500. The molecule has 86 valence electrons. The molecule has 0 radical (unpaired) electrons. The van der Waals surface area contributed by atoms with Gasteiger partial charge in [-0.3, -0.25) is 4.90 Å². The largest absolute Gasteiger partial charge is 0.384 e. The first kappa shape index (κ1) is 11.6. The van der Waals surface area contributed by atoms with Gasteiger partial charge in [0.25, 0.3) is 0 Å². The Labute approximate surface area is 99.7 Å². The maximum atomic E-state index is 8.60. The number of rotatable bonds is 2. The Balaban J connectivity index is 1.91. The first-order valence-electron chi connectivity index (χ1n) is 5.37. The van der Waals surface area contributed by atoms with Gasteiger partial charge in [0.1, 0.15) is 6.61 Å². The van der Waals surface area contributed by atoms with Crippen molar-refractivity contribution in [2.24, 2.45) is 0 Å². The Kier molecular flexibility index (Phi) is 4.37. The molecule has 0 saturated carbocycles. The summed E-state index contributed by atoms with van der Waals surface area (Å²) in [7, 11) is 0. The van der Waals surface area contributed by atoms with Crippen LogP contribution in [0.5, 0.6) is 0 Å². The summed E-state index contributed by atoms with van der Waals surface area (Å²) in [5, 5.41) is 8.60. The standard InChI is InChI=1S/C12H15NO2S/c14-7-1-2-11-3-4-12(16-11)10-13-5-8-15-9-6-13/h3-4,14H,5-10H2. The minimum absolute atomic E-state index is 0.0727. The van der Waals surface area contributed by atoms with Gasteiger partial charge in [-0.25, -0.2) is 0 Å². The van der Waals surface area contributed by atoms with E-state index in [1.807, 2.05) is 6.07 Å². The van der Waals surface area contributed by atoms with Crippen LogP contribution in [0.15, 0.2) is 12.1 Å². The summed E-state index contributed by atoms with van der Waals surface area (Å²) >= 11 is 1.70. The Hall–Kier alpha value is -0.860. The van der Waals surface area contributed by atoms with Crippen LogP contribution in [0.4, 0.5) is 0 Å². The zero-order chi connectivity index (χ0) is 11.2.